The highest BCUT2D eigenvalue weighted by molar-refractivity contribution is 7.99. The van der Waals surface area contributed by atoms with Gasteiger partial charge in [0.1, 0.15) is 17.6 Å². The highest BCUT2D eigenvalue weighted by Gasteiger charge is 2.47. The van der Waals surface area contributed by atoms with Gasteiger partial charge >= 0.3 is 6.09 Å². The molecule has 0 radical (unpaired) electrons. The van der Waals surface area contributed by atoms with E-state index in [4.69, 9.17) is 4.74 Å². The second kappa shape index (κ2) is 11.3. The minimum Gasteiger partial charge on any atom is -0.497 e. The van der Waals surface area contributed by atoms with Crippen LogP contribution < -0.4 is 10.1 Å². The van der Waals surface area contributed by atoms with Crippen LogP contribution in [0.3, 0.4) is 0 Å². The smallest absolute Gasteiger partial charge is 0.408 e. The largest absolute Gasteiger partial charge is 0.497 e. The molecule has 0 saturated carbocycles. The van der Waals surface area contributed by atoms with Crippen molar-refractivity contribution in [2.45, 2.75) is 63.6 Å². The second-order valence-electron chi connectivity index (χ2n) is 10.4. The van der Waals surface area contributed by atoms with E-state index in [0.29, 0.717) is 11.6 Å². The zero-order chi connectivity index (χ0) is 27.4. The number of methoxy groups -OCH3 is 1. The van der Waals surface area contributed by atoms with Gasteiger partial charge in [-0.1, -0.05) is 30.3 Å². The summed E-state index contributed by atoms with van der Waals surface area (Å²) in [7, 11) is 1.62. The molecule has 0 spiro atoms. The van der Waals surface area contributed by atoms with Gasteiger partial charge in [-0.15, -0.1) is 11.8 Å². The summed E-state index contributed by atoms with van der Waals surface area (Å²) in [5.74, 6) is 1.43. The fourth-order valence-electron chi connectivity index (χ4n) is 4.15. The van der Waals surface area contributed by atoms with E-state index in [0.717, 1.165) is 22.7 Å². The molecule has 37 heavy (non-hydrogen) atoms. The van der Waals surface area contributed by atoms with Crippen LogP contribution >= 0.6 is 11.8 Å². The van der Waals surface area contributed by atoms with Crippen LogP contribution in [0, 0.1) is 6.92 Å². The average Bonchev–Trinajstić information content (AvgIpc) is 3.20. The molecule has 8 nitrogen and oxygen atoms in total. The number of ether oxygens (including phenoxy) is 1. The Balaban J connectivity index is 1.95. The number of carbonyl (C=O) groups is 2. The molecule has 0 saturated heterocycles. The van der Waals surface area contributed by atoms with Gasteiger partial charge < -0.3 is 15.2 Å². The molecule has 1 atom stereocenters. The van der Waals surface area contributed by atoms with Gasteiger partial charge in [-0.25, -0.2) is 9.48 Å². The molecule has 0 aliphatic rings. The van der Waals surface area contributed by atoms with Gasteiger partial charge in [0, 0.05) is 22.1 Å². The Morgan fingerprint density at radius 1 is 1.08 bits per heavy atom. The van der Waals surface area contributed by atoms with Gasteiger partial charge in [-0.3, -0.25) is 9.69 Å². The number of hydrogen-bond acceptors (Lipinski definition) is 5. The monoisotopic (exact) mass is 524 g/mol. The highest BCUT2D eigenvalue weighted by Crippen LogP contribution is 2.37. The van der Waals surface area contributed by atoms with Crippen molar-refractivity contribution in [2.24, 2.45) is 0 Å². The molecular formula is C28H36N4O4S. The SMILES string of the molecule is COc1ccc(CSC(C)(C)[C@@H](C(=O)Nc2cc(C)nn2-c2ccccc2)N(C(=O)O)C(C)(C)C)cc1. The number of rotatable bonds is 9. The summed E-state index contributed by atoms with van der Waals surface area (Å²) in [6.07, 6.45) is -1.15. The lowest BCUT2D eigenvalue weighted by Crippen LogP contribution is -2.62. The Labute approximate surface area is 223 Å². The maximum Gasteiger partial charge on any atom is 0.408 e. The van der Waals surface area contributed by atoms with Crippen molar-refractivity contribution < 1.29 is 19.4 Å². The maximum atomic E-state index is 14.0. The number of nitrogens with one attached hydrogen (secondary N) is 1. The molecule has 0 aliphatic carbocycles. The van der Waals surface area contributed by atoms with Gasteiger partial charge in [0.2, 0.25) is 5.91 Å². The van der Waals surface area contributed by atoms with Crippen molar-refractivity contribution in [3.63, 3.8) is 0 Å². The number of nitrogens with zero attached hydrogens (tertiary/aromatic N) is 3. The number of carbonyl (C=O) groups excluding carboxylic acids is 1. The molecule has 2 aromatic carbocycles. The summed E-state index contributed by atoms with van der Waals surface area (Å²) < 4.78 is 6.12. The number of aromatic nitrogens is 2. The van der Waals surface area contributed by atoms with Crippen molar-refractivity contribution in [1.29, 1.82) is 0 Å². The van der Waals surface area contributed by atoms with Crippen LogP contribution in [0.5, 0.6) is 5.75 Å². The van der Waals surface area contributed by atoms with Gasteiger partial charge in [0.15, 0.2) is 0 Å². The first-order chi connectivity index (χ1) is 17.3. The molecule has 0 bridgehead atoms. The van der Waals surface area contributed by atoms with Crippen molar-refractivity contribution >= 4 is 29.6 Å². The normalized spacial score (nSPS) is 12.6. The molecule has 0 fully saturated rings. The Kier molecular flexibility index (Phi) is 8.58. The van der Waals surface area contributed by atoms with E-state index in [-0.39, 0.29) is 0 Å². The topological polar surface area (TPSA) is 96.7 Å². The van der Waals surface area contributed by atoms with E-state index in [1.807, 2.05) is 75.4 Å². The fourth-order valence-corrected chi connectivity index (χ4v) is 5.25. The predicted octanol–water partition coefficient (Wildman–Crippen LogP) is 5.99. The van der Waals surface area contributed by atoms with Crippen molar-refractivity contribution in [2.75, 3.05) is 12.4 Å². The lowest BCUT2D eigenvalue weighted by Gasteiger charge is -2.45. The molecule has 1 heterocycles. The molecule has 198 valence electrons. The molecule has 9 heteroatoms. The first-order valence-electron chi connectivity index (χ1n) is 12.1. The average molecular weight is 525 g/mol. The lowest BCUT2D eigenvalue weighted by atomic mass is 9.94. The zero-order valence-corrected chi connectivity index (χ0v) is 23.3. The molecule has 2 amide bonds. The zero-order valence-electron chi connectivity index (χ0n) is 22.5. The Morgan fingerprint density at radius 2 is 1.70 bits per heavy atom. The summed E-state index contributed by atoms with van der Waals surface area (Å²) in [5.41, 5.74) is 1.76. The van der Waals surface area contributed by atoms with Crippen molar-refractivity contribution in [3.8, 4) is 11.4 Å². The minimum atomic E-state index is -1.15. The Morgan fingerprint density at radius 3 is 2.24 bits per heavy atom. The summed E-state index contributed by atoms with van der Waals surface area (Å²) in [4.78, 5) is 27.7. The van der Waals surface area contributed by atoms with Crippen molar-refractivity contribution in [1.82, 2.24) is 14.7 Å². The molecule has 2 N–H and O–H groups in total. The number of benzene rings is 2. The predicted molar refractivity (Wildman–Crippen MR) is 149 cm³/mol. The van der Waals surface area contributed by atoms with E-state index >= 15 is 0 Å². The Hall–Kier alpha value is -3.46. The van der Waals surface area contributed by atoms with Crippen molar-refractivity contribution in [3.05, 3.63) is 71.9 Å². The molecule has 3 aromatic rings. The van der Waals surface area contributed by atoms with Crippen LogP contribution in [0.4, 0.5) is 10.6 Å². The second-order valence-corrected chi connectivity index (χ2v) is 12.0. The number of hydrogen-bond donors (Lipinski definition) is 2. The number of amides is 2. The standard InChI is InChI=1S/C28H36N4O4S/c1-19-17-23(32(30-19)21-11-9-8-10-12-21)29-25(33)24(31(26(34)35)27(2,3)4)28(5,6)37-18-20-13-15-22(36-7)16-14-20/h8-17,24H,18H2,1-7H3,(H,29,33)(H,34,35)/t24-/m1/s1. The highest BCUT2D eigenvalue weighted by atomic mass is 32.2. The van der Waals surface area contributed by atoms with Gasteiger partial charge in [-0.05, 0) is 71.4 Å². The summed E-state index contributed by atoms with van der Waals surface area (Å²) in [6, 6.07) is 18.0. The van der Waals surface area contributed by atoms with Crippen LogP contribution in [0.1, 0.15) is 45.9 Å². The van der Waals surface area contributed by atoms with E-state index in [1.54, 1.807) is 38.6 Å². The lowest BCUT2D eigenvalue weighted by molar-refractivity contribution is -0.123. The van der Waals surface area contributed by atoms with Crippen LogP contribution in [-0.2, 0) is 10.5 Å². The fraction of sp³-hybridized carbons (Fsp3) is 0.393. The third kappa shape index (κ3) is 6.85. The number of carboxylic acid groups (broad SMARTS) is 1. The van der Waals surface area contributed by atoms with Gasteiger partial charge in [-0.2, -0.15) is 5.10 Å². The van der Waals surface area contributed by atoms with Crippen LogP contribution in [-0.4, -0.2) is 55.2 Å². The van der Waals surface area contributed by atoms with E-state index in [1.165, 1.54) is 16.7 Å². The number of thioether (sulfide) groups is 1. The first kappa shape index (κ1) is 28.1. The number of aryl methyl sites for hydroxylation is 1. The minimum absolute atomic E-state index is 0.415. The third-order valence-electron chi connectivity index (χ3n) is 5.95. The van der Waals surface area contributed by atoms with E-state index in [2.05, 4.69) is 10.4 Å². The summed E-state index contributed by atoms with van der Waals surface area (Å²) >= 11 is 1.53. The summed E-state index contributed by atoms with van der Waals surface area (Å²) in [5, 5.41) is 17.8. The van der Waals surface area contributed by atoms with E-state index < -0.39 is 28.3 Å². The summed E-state index contributed by atoms with van der Waals surface area (Å²) in [6.45, 7) is 11.1. The Bertz CT molecular complexity index is 1220. The van der Waals surface area contributed by atoms with Gasteiger partial charge in [0.05, 0.1) is 18.5 Å². The van der Waals surface area contributed by atoms with Crippen LogP contribution in [0.15, 0.2) is 60.7 Å². The van der Waals surface area contributed by atoms with Gasteiger partial charge in [0.25, 0.3) is 0 Å². The quantitative estimate of drug-likeness (QED) is 0.357. The van der Waals surface area contributed by atoms with Crippen LogP contribution in [0.2, 0.25) is 0 Å². The molecule has 0 unspecified atom stereocenters. The molecule has 1 aromatic heterocycles. The third-order valence-corrected chi connectivity index (χ3v) is 7.39. The van der Waals surface area contributed by atoms with Crippen LogP contribution in [0.25, 0.3) is 5.69 Å². The molecule has 0 aliphatic heterocycles. The maximum absolute atomic E-state index is 14.0. The van der Waals surface area contributed by atoms with E-state index in [9.17, 15) is 14.7 Å². The molecular weight excluding hydrogens is 488 g/mol. The number of para-hydroxylation sites is 1. The first-order valence-corrected chi connectivity index (χ1v) is 13.0. The molecule has 3 rings (SSSR count). The number of anilines is 1.